The molecule has 4 heteroatoms. The van der Waals surface area contributed by atoms with Crippen LogP contribution >= 0.6 is 0 Å². The van der Waals surface area contributed by atoms with E-state index in [2.05, 4.69) is 12.2 Å². The molecule has 1 aromatic rings. The molecule has 1 aromatic carbocycles. The van der Waals surface area contributed by atoms with Gasteiger partial charge in [0.2, 0.25) is 0 Å². The Balaban J connectivity index is 2.59. The average Bonchev–Trinajstić information content (AvgIpc) is 2.44. The van der Waals surface area contributed by atoms with Gasteiger partial charge in [0.1, 0.15) is 11.9 Å². The Kier molecular flexibility index (Phi) is 7.80. The Labute approximate surface area is 126 Å². The second-order valence-electron chi connectivity index (χ2n) is 5.44. The van der Waals surface area contributed by atoms with Crippen molar-refractivity contribution in [2.75, 3.05) is 12.4 Å². The summed E-state index contributed by atoms with van der Waals surface area (Å²) in [6.45, 7) is 4.00. The van der Waals surface area contributed by atoms with Gasteiger partial charge in [-0.2, -0.15) is 0 Å². The molecule has 0 aliphatic rings. The number of unbranched alkanes of at least 4 members (excludes halogenated alkanes) is 4. The number of esters is 1. The average molecular weight is 295 g/mol. The van der Waals surface area contributed by atoms with E-state index in [1.165, 1.54) is 38.5 Å². The smallest absolute Gasteiger partial charge is 0.328 e. The Morgan fingerprint density at radius 2 is 1.95 bits per heavy atom. The number of anilines is 1. The van der Waals surface area contributed by atoms with Gasteiger partial charge in [-0.05, 0) is 37.1 Å². The van der Waals surface area contributed by atoms with Crippen molar-refractivity contribution in [1.29, 1.82) is 0 Å². The van der Waals surface area contributed by atoms with Crippen LogP contribution in [0.1, 0.15) is 51.0 Å². The molecular weight excluding hydrogens is 269 g/mol. The molecule has 21 heavy (non-hydrogen) atoms. The molecule has 3 nitrogen and oxygen atoms in total. The maximum Gasteiger partial charge on any atom is 0.328 e. The van der Waals surface area contributed by atoms with Crippen LogP contribution in [0.25, 0.3) is 0 Å². The highest BCUT2D eigenvalue weighted by Crippen LogP contribution is 2.17. The Morgan fingerprint density at radius 3 is 2.57 bits per heavy atom. The van der Waals surface area contributed by atoms with E-state index in [1.54, 1.807) is 0 Å². The van der Waals surface area contributed by atoms with Crippen molar-refractivity contribution >= 4 is 11.7 Å². The molecule has 0 fully saturated rings. The number of carbonyl (C=O) groups excluding carboxylic acids is 1. The first-order valence-corrected chi connectivity index (χ1v) is 7.68. The highest BCUT2D eigenvalue weighted by atomic mass is 19.1. The summed E-state index contributed by atoms with van der Waals surface area (Å²) in [5.74, 6) is -0.600. The number of halogens is 1. The highest BCUT2D eigenvalue weighted by Gasteiger charge is 2.18. The van der Waals surface area contributed by atoms with E-state index in [9.17, 15) is 9.18 Å². The zero-order valence-corrected chi connectivity index (χ0v) is 13.2. The number of methoxy groups -OCH3 is 1. The van der Waals surface area contributed by atoms with Crippen LogP contribution in [0, 0.1) is 12.7 Å². The van der Waals surface area contributed by atoms with E-state index in [-0.39, 0.29) is 11.8 Å². The summed E-state index contributed by atoms with van der Waals surface area (Å²) < 4.78 is 18.2. The minimum absolute atomic E-state index is 0.299. The van der Waals surface area contributed by atoms with Crippen LogP contribution in [-0.4, -0.2) is 19.1 Å². The van der Waals surface area contributed by atoms with Gasteiger partial charge in [0, 0.05) is 5.69 Å². The van der Waals surface area contributed by atoms with Gasteiger partial charge in [-0.25, -0.2) is 9.18 Å². The quantitative estimate of drug-likeness (QED) is 0.540. The van der Waals surface area contributed by atoms with E-state index >= 15 is 0 Å². The van der Waals surface area contributed by atoms with Crippen molar-refractivity contribution in [3.63, 3.8) is 0 Å². The molecule has 0 aliphatic carbocycles. The third-order valence-corrected chi connectivity index (χ3v) is 3.47. The normalized spacial score (nSPS) is 12.0. The van der Waals surface area contributed by atoms with E-state index < -0.39 is 6.04 Å². The van der Waals surface area contributed by atoms with Gasteiger partial charge < -0.3 is 10.1 Å². The van der Waals surface area contributed by atoms with Crippen molar-refractivity contribution in [2.45, 2.75) is 58.4 Å². The van der Waals surface area contributed by atoms with E-state index in [4.69, 9.17) is 4.74 Å². The summed E-state index contributed by atoms with van der Waals surface area (Å²) in [6.07, 6.45) is 6.36. The first kappa shape index (κ1) is 17.5. The first-order valence-electron chi connectivity index (χ1n) is 7.68. The predicted molar refractivity (Wildman–Crippen MR) is 83.9 cm³/mol. The lowest BCUT2D eigenvalue weighted by molar-refractivity contribution is -0.141. The second-order valence-corrected chi connectivity index (χ2v) is 5.44. The molecule has 0 saturated heterocycles. The van der Waals surface area contributed by atoms with Gasteiger partial charge in [0.25, 0.3) is 0 Å². The van der Waals surface area contributed by atoms with Gasteiger partial charge >= 0.3 is 5.97 Å². The number of hydrogen-bond acceptors (Lipinski definition) is 3. The van der Waals surface area contributed by atoms with Gasteiger partial charge in [0.05, 0.1) is 7.11 Å². The third-order valence-electron chi connectivity index (χ3n) is 3.47. The van der Waals surface area contributed by atoms with Crippen LogP contribution < -0.4 is 5.32 Å². The number of hydrogen-bond donors (Lipinski definition) is 1. The summed E-state index contributed by atoms with van der Waals surface area (Å²) in [6, 6.07) is 4.27. The lowest BCUT2D eigenvalue weighted by Crippen LogP contribution is -2.30. The number of benzene rings is 1. The molecule has 0 aromatic heterocycles. The molecule has 0 bridgehead atoms. The van der Waals surface area contributed by atoms with E-state index in [0.29, 0.717) is 12.1 Å². The van der Waals surface area contributed by atoms with Crippen LogP contribution in [0.2, 0.25) is 0 Å². The number of aryl methyl sites for hydroxylation is 1. The highest BCUT2D eigenvalue weighted by molar-refractivity contribution is 5.79. The number of rotatable bonds is 9. The lowest BCUT2D eigenvalue weighted by atomic mass is 10.1. The summed E-state index contributed by atoms with van der Waals surface area (Å²) in [7, 11) is 1.38. The number of nitrogens with one attached hydrogen (secondary N) is 1. The number of carbonyl (C=O) groups is 1. The molecule has 0 radical (unpaired) electrons. The fourth-order valence-corrected chi connectivity index (χ4v) is 2.36. The predicted octanol–water partition coefficient (Wildman–Crippen LogP) is 4.45. The van der Waals surface area contributed by atoms with Gasteiger partial charge in [-0.1, -0.05) is 39.0 Å². The van der Waals surface area contributed by atoms with Crippen molar-refractivity contribution < 1.29 is 13.9 Å². The molecule has 0 saturated carbocycles. The minimum atomic E-state index is -0.419. The van der Waals surface area contributed by atoms with E-state index in [0.717, 1.165) is 18.4 Å². The largest absolute Gasteiger partial charge is 0.467 e. The molecule has 1 atom stereocenters. The zero-order chi connectivity index (χ0) is 15.7. The van der Waals surface area contributed by atoms with Crippen LogP contribution in [0.4, 0.5) is 10.1 Å². The number of ether oxygens (including phenoxy) is 1. The van der Waals surface area contributed by atoms with Crippen molar-refractivity contribution in [1.82, 2.24) is 0 Å². The molecular formula is C17H26FNO2. The molecule has 1 rings (SSSR count). The fraction of sp³-hybridized carbons (Fsp3) is 0.588. The van der Waals surface area contributed by atoms with Crippen LogP contribution in [0.15, 0.2) is 18.2 Å². The van der Waals surface area contributed by atoms with Crippen molar-refractivity contribution in [3.05, 3.63) is 29.6 Å². The second kappa shape index (κ2) is 9.37. The Bertz CT molecular complexity index is 428. The monoisotopic (exact) mass is 295 g/mol. The lowest BCUT2D eigenvalue weighted by Gasteiger charge is -2.18. The maximum absolute atomic E-state index is 13.4. The van der Waals surface area contributed by atoms with Crippen molar-refractivity contribution in [2.24, 2.45) is 0 Å². The fourth-order valence-electron chi connectivity index (χ4n) is 2.36. The SMILES string of the molecule is CCCCCCCC(Nc1cc(C)cc(F)c1)C(=O)OC. The molecule has 0 aliphatic heterocycles. The van der Waals surface area contributed by atoms with Crippen molar-refractivity contribution in [3.8, 4) is 0 Å². The topological polar surface area (TPSA) is 38.3 Å². The third kappa shape index (κ3) is 6.61. The molecule has 1 unspecified atom stereocenters. The van der Waals surface area contributed by atoms with Crippen LogP contribution in [0.3, 0.4) is 0 Å². The summed E-state index contributed by atoms with van der Waals surface area (Å²) >= 11 is 0. The molecule has 118 valence electrons. The minimum Gasteiger partial charge on any atom is -0.467 e. The summed E-state index contributed by atoms with van der Waals surface area (Å²) in [5, 5.41) is 3.09. The summed E-state index contributed by atoms with van der Waals surface area (Å²) in [5.41, 5.74) is 1.44. The first-order chi connectivity index (χ1) is 10.1. The standard InChI is InChI=1S/C17H26FNO2/c1-4-5-6-7-8-9-16(17(20)21-3)19-15-11-13(2)10-14(18)12-15/h10-12,16,19H,4-9H2,1-3H3. The molecule has 0 heterocycles. The van der Waals surface area contributed by atoms with Gasteiger partial charge in [-0.3, -0.25) is 0 Å². The van der Waals surface area contributed by atoms with Gasteiger partial charge in [0.15, 0.2) is 0 Å². The molecule has 1 N–H and O–H groups in total. The Hall–Kier alpha value is -1.58. The maximum atomic E-state index is 13.4. The van der Waals surface area contributed by atoms with Crippen LogP contribution in [-0.2, 0) is 9.53 Å². The molecule has 0 spiro atoms. The van der Waals surface area contributed by atoms with Crippen LogP contribution in [0.5, 0.6) is 0 Å². The Morgan fingerprint density at radius 1 is 1.24 bits per heavy atom. The molecule has 0 amide bonds. The zero-order valence-electron chi connectivity index (χ0n) is 13.2. The summed E-state index contributed by atoms with van der Waals surface area (Å²) in [4.78, 5) is 11.8. The van der Waals surface area contributed by atoms with Gasteiger partial charge in [-0.15, -0.1) is 0 Å². The van der Waals surface area contributed by atoms with E-state index in [1.807, 2.05) is 13.0 Å².